The molecule has 0 aliphatic heterocycles. The Morgan fingerprint density at radius 1 is 1.36 bits per heavy atom. The van der Waals surface area contributed by atoms with Gasteiger partial charge in [0.25, 0.3) is 0 Å². The van der Waals surface area contributed by atoms with E-state index < -0.39 is 0 Å². The lowest BCUT2D eigenvalue weighted by atomic mass is 10.00. The van der Waals surface area contributed by atoms with Crippen molar-refractivity contribution < 1.29 is 0 Å². The lowest BCUT2D eigenvalue weighted by Gasteiger charge is -2.24. The zero-order valence-corrected chi connectivity index (χ0v) is 10.5. The van der Waals surface area contributed by atoms with E-state index in [1.54, 1.807) is 0 Å². The van der Waals surface area contributed by atoms with Crippen LogP contribution in [0, 0.1) is 5.41 Å². The second-order valence-electron chi connectivity index (χ2n) is 5.41. The molecule has 1 N–H and O–H groups in total. The van der Waals surface area contributed by atoms with Gasteiger partial charge in [-0.3, -0.25) is 0 Å². The minimum absolute atomic E-state index is 0.636. The normalized spacial score (nSPS) is 37.1. The Hall–Kier alpha value is 0.310. The van der Waals surface area contributed by atoms with Gasteiger partial charge in [0.05, 0.1) is 0 Å². The van der Waals surface area contributed by atoms with Gasteiger partial charge in [-0.25, -0.2) is 0 Å². The Balaban J connectivity index is 1.75. The van der Waals surface area contributed by atoms with Gasteiger partial charge in [0.1, 0.15) is 0 Å². The van der Waals surface area contributed by atoms with Gasteiger partial charge < -0.3 is 5.32 Å². The average molecular weight is 213 g/mol. The highest BCUT2D eigenvalue weighted by Crippen LogP contribution is 2.48. The zero-order chi connectivity index (χ0) is 10.2. The third kappa shape index (κ3) is 2.27. The molecule has 2 aliphatic rings. The maximum atomic E-state index is 3.83. The van der Waals surface area contributed by atoms with E-state index in [9.17, 15) is 0 Å². The predicted octanol–water partition coefficient (Wildman–Crippen LogP) is 3.05. The van der Waals surface area contributed by atoms with Crippen LogP contribution in [0.25, 0.3) is 0 Å². The minimum atomic E-state index is 0.636. The van der Waals surface area contributed by atoms with Crippen molar-refractivity contribution in [1.29, 1.82) is 0 Å². The number of nitrogens with one attached hydrogen (secondary N) is 1. The molecule has 2 saturated carbocycles. The van der Waals surface area contributed by atoms with Gasteiger partial charge in [-0.2, -0.15) is 11.8 Å². The van der Waals surface area contributed by atoms with Crippen molar-refractivity contribution in [3.05, 3.63) is 0 Å². The van der Waals surface area contributed by atoms with Crippen molar-refractivity contribution in [2.45, 2.75) is 63.3 Å². The lowest BCUT2D eigenvalue weighted by Crippen LogP contribution is -2.39. The van der Waals surface area contributed by atoms with E-state index in [1.807, 2.05) is 11.8 Å². The Morgan fingerprint density at radius 3 is 2.57 bits per heavy atom. The number of hydrogen-bond donors (Lipinski definition) is 1. The molecule has 82 valence electrons. The van der Waals surface area contributed by atoms with Gasteiger partial charge in [0.15, 0.2) is 0 Å². The van der Waals surface area contributed by atoms with Crippen molar-refractivity contribution in [1.82, 2.24) is 5.32 Å². The standard InChI is InChI=1S/C12H23NS/c1-9(12(2)6-7-12)13-10-4-5-11(8-10)14-3/h9-11,13H,4-8H2,1-3H3. The summed E-state index contributed by atoms with van der Waals surface area (Å²) in [5.74, 6) is 0. The SMILES string of the molecule is CSC1CCC(NC(C)C2(C)CC2)C1. The second-order valence-corrected chi connectivity index (χ2v) is 6.55. The van der Waals surface area contributed by atoms with Crippen LogP contribution in [0.1, 0.15) is 46.0 Å². The topological polar surface area (TPSA) is 12.0 Å². The fraction of sp³-hybridized carbons (Fsp3) is 1.00. The molecule has 0 spiro atoms. The van der Waals surface area contributed by atoms with Crippen LogP contribution in [-0.4, -0.2) is 23.6 Å². The molecule has 0 bridgehead atoms. The van der Waals surface area contributed by atoms with Crippen molar-refractivity contribution in [2.24, 2.45) is 5.41 Å². The third-order valence-electron chi connectivity index (χ3n) is 4.29. The van der Waals surface area contributed by atoms with Crippen LogP contribution in [0.4, 0.5) is 0 Å². The third-order valence-corrected chi connectivity index (χ3v) is 5.38. The quantitative estimate of drug-likeness (QED) is 0.770. The number of hydrogen-bond acceptors (Lipinski definition) is 2. The molecule has 3 atom stereocenters. The monoisotopic (exact) mass is 213 g/mol. The molecule has 3 unspecified atom stereocenters. The zero-order valence-electron chi connectivity index (χ0n) is 9.68. The van der Waals surface area contributed by atoms with Gasteiger partial charge in [0.2, 0.25) is 0 Å². The van der Waals surface area contributed by atoms with Crippen molar-refractivity contribution in [3.63, 3.8) is 0 Å². The van der Waals surface area contributed by atoms with Gasteiger partial charge in [-0.1, -0.05) is 6.92 Å². The first-order valence-corrected chi connectivity index (χ1v) is 7.22. The molecule has 0 radical (unpaired) electrons. The van der Waals surface area contributed by atoms with E-state index >= 15 is 0 Å². The van der Waals surface area contributed by atoms with Gasteiger partial charge in [0, 0.05) is 17.3 Å². The first-order chi connectivity index (χ1) is 6.64. The van der Waals surface area contributed by atoms with E-state index in [0.717, 1.165) is 17.3 Å². The van der Waals surface area contributed by atoms with Crippen LogP contribution in [0.15, 0.2) is 0 Å². The van der Waals surface area contributed by atoms with E-state index in [0.29, 0.717) is 5.41 Å². The molecule has 0 amide bonds. The Kier molecular flexibility index (Phi) is 3.13. The summed E-state index contributed by atoms with van der Waals surface area (Å²) < 4.78 is 0. The van der Waals surface area contributed by atoms with Crippen LogP contribution in [0.3, 0.4) is 0 Å². The first kappa shape index (κ1) is 10.8. The van der Waals surface area contributed by atoms with Crippen molar-refractivity contribution >= 4 is 11.8 Å². The maximum absolute atomic E-state index is 3.83. The molecule has 0 aromatic carbocycles. The fourth-order valence-corrected chi connectivity index (χ4v) is 3.29. The molecule has 0 saturated heterocycles. The lowest BCUT2D eigenvalue weighted by molar-refractivity contribution is 0.339. The van der Waals surface area contributed by atoms with Crippen molar-refractivity contribution in [3.8, 4) is 0 Å². The van der Waals surface area contributed by atoms with Crippen LogP contribution in [0.2, 0.25) is 0 Å². The van der Waals surface area contributed by atoms with Crippen LogP contribution < -0.4 is 5.32 Å². The van der Waals surface area contributed by atoms with Gasteiger partial charge in [-0.15, -0.1) is 0 Å². The first-order valence-electron chi connectivity index (χ1n) is 5.93. The molecule has 2 heteroatoms. The highest BCUT2D eigenvalue weighted by molar-refractivity contribution is 7.99. The molecule has 2 aliphatic carbocycles. The minimum Gasteiger partial charge on any atom is -0.311 e. The van der Waals surface area contributed by atoms with Gasteiger partial charge in [-0.05, 0) is 50.7 Å². The Morgan fingerprint density at radius 2 is 2.07 bits per heavy atom. The van der Waals surface area contributed by atoms with Crippen LogP contribution in [-0.2, 0) is 0 Å². The summed E-state index contributed by atoms with van der Waals surface area (Å²) in [6.45, 7) is 4.80. The summed E-state index contributed by atoms with van der Waals surface area (Å²) in [5.41, 5.74) is 0.636. The largest absolute Gasteiger partial charge is 0.311 e. The molecule has 2 rings (SSSR count). The fourth-order valence-electron chi connectivity index (χ4n) is 2.49. The summed E-state index contributed by atoms with van der Waals surface area (Å²) in [6, 6.07) is 1.54. The summed E-state index contributed by atoms with van der Waals surface area (Å²) >= 11 is 2.05. The summed E-state index contributed by atoms with van der Waals surface area (Å²) in [7, 11) is 0. The smallest absolute Gasteiger partial charge is 0.00951 e. The van der Waals surface area contributed by atoms with Crippen LogP contribution in [0.5, 0.6) is 0 Å². The Bertz CT molecular complexity index is 200. The molecule has 0 aromatic rings. The van der Waals surface area contributed by atoms with E-state index in [1.165, 1.54) is 32.1 Å². The number of rotatable bonds is 4. The second kappa shape index (κ2) is 4.05. The molecule has 14 heavy (non-hydrogen) atoms. The predicted molar refractivity (Wildman–Crippen MR) is 64.9 cm³/mol. The Labute approximate surface area is 92.4 Å². The highest BCUT2D eigenvalue weighted by atomic mass is 32.2. The molecule has 0 heterocycles. The molecule has 0 aromatic heterocycles. The molecular formula is C12H23NS. The maximum Gasteiger partial charge on any atom is 0.00951 e. The molecule has 1 nitrogen and oxygen atoms in total. The van der Waals surface area contributed by atoms with E-state index in [2.05, 4.69) is 25.4 Å². The highest BCUT2D eigenvalue weighted by Gasteiger charge is 2.43. The van der Waals surface area contributed by atoms with Crippen LogP contribution >= 0.6 is 11.8 Å². The average Bonchev–Trinajstić information content (AvgIpc) is 2.77. The summed E-state index contributed by atoms with van der Waals surface area (Å²) in [6.07, 6.45) is 9.31. The van der Waals surface area contributed by atoms with E-state index in [4.69, 9.17) is 0 Å². The molecule has 2 fully saturated rings. The van der Waals surface area contributed by atoms with Crippen molar-refractivity contribution in [2.75, 3.05) is 6.26 Å². The van der Waals surface area contributed by atoms with Gasteiger partial charge >= 0.3 is 0 Å². The summed E-state index contributed by atoms with van der Waals surface area (Å²) in [4.78, 5) is 0. The summed E-state index contributed by atoms with van der Waals surface area (Å²) in [5, 5.41) is 4.76. The van der Waals surface area contributed by atoms with E-state index in [-0.39, 0.29) is 0 Å². The number of thioether (sulfide) groups is 1. The molecular weight excluding hydrogens is 190 g/mol.